The highest BCUT2D eigenvalue weighted by atomic mass is 19.4. The molecule has 2 aliphatic rings. The fourth-order valence-corrected chi connectivity index (χ4v) is 3.65. The molecule has 0 unspecified atom stereocenters. The van der Waals surface area contributed by atoms with Crippen molar-refractivity contribution in [1.29, 1.82) is 0 Å². The number of hydrogen-bond donors (Lipinski definition) is 0. The average Bonchev–Trinajstić information content (AvgIpc) is 2.61. The molecule has 1 aliphatic heterocycles. The lowest BCUT2D eigenvalue weighted by Gasteiger charge is -2.38. The minimum absolute atomic E-state index is 0.177. The molecule has 0 bridgehead atoms. The van der Waals surface area contributed by atoms with Crippen LogP contribution in [0.2, 0.25) is 0 Å². The number of amides is 1. The fourth-order valence-electron chi connectivity index (χ4n) is 3.65. The Kier molecular flexibility index (Phi) is 5.01. The first-order valence-corrected chi connectivity index (χ1v) is 8.66. The number of halogens is 3. The predicted octanol–water partition coefficient (Wildman–Crippen LogP) is 3.93. The summed E-state index contributed by atoms with van der Waals surface area (Å²) >= 11 is 0. The molecule has 1 aliphatic carbocycles. The molecule has 2 fully saturated rings. The summed E-state index contributed by atoms with van der Waals surface area (Å²) in [6, 6.07) is 5.27. The Labute approximate surface area is 140 Å². The molecule has 0 atom stereocenters. The number of alkyl halides is 3. The molecule has 0 spiro atoms. The maximum Gasteiger partial charge on any atom is 0.416 e. The van der Waals surface area contributed by atoms with Crippen LogP contribution in [-0.4, -0.2) is 37.0 Å². The third kappa shape index (κ3) is 3.84. The maximum absolute atomic E-state index is 12.6. The van der Waals surface area contributed by atoms with Gasteiger partial charge >= 0.3 is 6.18 Å². The highest BCUT2D eigenvalue weighted by Crippen LogP contribution is 2.31. The molecule has 3 nitrogen and oxygen atoms in total. The van der Waals surface area contributed by atoms with E-state index in [9.17, 15) is 18.0 Å². The van der Waals surface area contributed by atoms with E-state index in [4.69, 9.17) is 0 Å². The Morgan fingerprint density at radius 1 is 0.917 bits per heavy atom. The van der Waals surface area contributed by atoms with E-state index in [1.165, 1.54) is 18.6 Å². The van der Waals surface area contributed by atoms with Crippen LogP contribution in [0.15, 0.2) is 24.3 Å². The van der Waals surface area contributed by atoms with Crippen molar-refractivity contribution in [2.45, 2.75) is 38.3 Å². The zero-order valence-electron chi connectivity index (χ0n) is 13.7. The number of hydrogen-bond acceptors (Lipinski definition) is 2. The van der Waals surface area contributed by atoms with E-state index in [2.05, 4.69) is 0 Å². The van der Waals surface area contributed by atoms with Crippen molar-refractivity contribution < 1.29 is 18.0 Å². The van der Waals surface area contributed by atoms with Gasteiger partial charge in [0.05, 0.1) is 5.56 Å². The molecule has 1 aromatic carbocycles. The smallest absolute Gasteiger partial charge is 0.368 e. The van der Waals surface area contributed by atoms with Crippen molar-refractivity contribution in [2.24, 2.45) is 5.92 Å². The van der Waals surface area contributed by atoms with Crippen molar-refractivity contribution in [3.05, 3.63) is 29.8 Å². The highest BCUT2D eigenvalue weighted by Gasteiger charge is 2.31. The summed E-state index contributed by atoms with van der Waals surface area (Å²) in [5.41, 5.74) is 0.158. The van der Waals surface area contributed by atoms with Crippen molar-refractivity contribution in [2.75, 3.05) is 31.1 Å². The summed E-state index contributed by atoms with van der Waals surface area (Å²) in [5, 5.41) is 0. The molecular weight excluding hydrogens is 317 g/mol. The SMILES string of the molecule is O=C(C1CCCCC1)N1CCN(c2ccc(C(F)(F)F)cc2)CC1. The lowest BCUT2D eigenvalue weighted by Crippen LogP contribution is -2.50. The van der Waals surface area contributed by atoms with E-state index in [1.54, 1.807) is 0 Å². The Hall–Kier alpha value is -1.72. The van der Waals surface area contributed by atoms with Crippen LogP contribution in [0.5, 0.6) is 0 Å². The minimum Gasteiger partial charge on any atom is -0.368 e. The molecule has 1 heterocycles. The van der Waals surface area contributed by atoms with Crippen molar-refractivity contribution >= 4 is 11.6 Å². The normalized spacial score (nSPS) is 20.3. The molecule has 1 saturated heterocycles. The molecule has 0 N–H and O–H groups in total. The van der Waals surface area contributed by atoms with E-state index in [0.29, 0.717) is 26.2 Å². The van der Waals surface area contributed by atoms with Gasteiger partial charge in [-0.05, 0) is 37.1 Å². The second-order valence-corrected chi connectivity index (χ2v) is 6.69. The minimum atomic E-state index is -4.30. The van der Waals surface area contributed by atoms with Gasteiger partial charge in [0, 0.05) is 37.8 Å². The number of nitrogens with zero attached hydrogens (tertiary/aromatic N) is 2. The second-order valence-electron chi connectivity index (χ2n) is 6.69. The molecule has 0 aromatic heterocycles. The van der Waals surface area contributed by atoms with E-state index >= 15 is 0 Å². The van der Waals surface area contributed by atoms with Gasteiger partial charge in [0.15, 0.2) is 0 Å². The Balaban J connectivity index is 1.55. The first kappa shape index (κ1) is 17.1. The third-order valence-corrected chi connectivity index (χ3v) is 5.11. The molecule has 1 saturated carbocycles. The van der Waals surface area contributed by atoms with Gasteiger partial charge in [-0.1, -0.05) is 19.3 Å². The average molecular weight is 340 g/mol. The topological polar surface area (TPSA) is 23.6 Å². The van der Waals surface area contributed by atoms with Crippen LogP contribution in [-0.2, 0) is 11.0 Å². The van der Waals surface area contributed by atoms with Crippen LogP contribution in [0.4, 0.5) is 18.9 Å². The van der Waals surface area contributed by atoms with Gasteiger partial charge in [-0.15, -0.1) is 0 Å². The molecule has 3 rings (SSSR count). The van der Waals surface area contributed by atoms with Gasteiger partial charge in [0.1, 0.15) is 0 Å². The highest BCUT2D eigenvalue weighted by molar-refractivity contribution is 5.79. The summed E-state index contributed by atoms with van der Waals surface area (Å²) in [5.74, 6) is 0.443. The van der Waals surface area contributed by atoms with Gasteiger partial charge < -0.3 is 9.80 Å². The van der Waals surface area contributed by atoms with E-state index in [0.717, 1.165) is 43.5 Å². The fraction of sp³-hybridized carbons (Fsp3) is 0.611. The second kappa shape index (κ2) is 7.03. The third-order valence-electron chi connectivity index (χ3n) is 5.11. The molecule has 0 radical (unpaired) electrons. The monoisotopic (exact) mass is 340 g/mol. The van der Waals surface area contributed by atoms with Crippen molar-refractivity contribution in [3.8, 4) is 0 Å². The Morgan fingerprint density at radius 2 is 1.50 bits per heavy atom. The summed E-state index contributed by atoms with van der Waals surface area (Å²) in [6.45, 7) is 2.64. The predicted molar refractivity (Wildman–Crippen MR) is 86.8 cm³/mol. The summed E-state index contributed by atoms with van der Waals surface area (Å²) in [4.78, 5) is 16.5. The van der Waals surface area contributed by atoms with Crippen LogP contribution in [0, 0.1) is 5.92 Å². The first-order chi connectivity index (χ1) is 11.4. The van der Waals surface area contributed by atoms with E-state index < -0.39 is 11.7 Å². The van der Waals surface area contributed by atoms with Crippen molar-refractivity contribution in [3.63, 3.8) is 0 Å². The van der Waals surface area contributed by atoms with Crippen LogP contribution >= 0.6 is 0 Å². The number of carbonyl (C=O) groups excluding carboxylic acids is 1. The van der Waals surface area contributed by atoms with Gasteiger partial charge in [-0.25, -0.2) is 0 Å². The molecule has 24 heavy (non-hydrogen) atoms. The van der Waals surface area contributed by atoms with Crippen molar-refractivity contribution in [1.82, 2.24) is 4.90 Å². The van der Waals surface area contributed by atoms with Gasteiger partial charge in [-0.2, -0.15) is 13.2 Å². The zero-order valence-corrected chi connectivity index (χ0v) is 13.7. The van der Waals surface area contributed by atoms with Gasteiger partial charge in [0.2, 0.25) is 5.91 Å². The first-order valence-electron chi connectivity index (χ1n) is 8.66. The molecular formula is C18H23F3N2O. The van der Waals surface area contributed by atoms with Crippen LogP contribution in [0.3, 0.4) is 0 Å². The number of benzene rings is 1. The van der Waals surface area contributed by atoms with Gasteiger partial charge in [-0.3, -0.25) is 4.79 Å². The Morgan fingerprint density at radius 3 is 2.04 bits per heavy atom. The number of anilines is 1. The summed E-state index contributed by atoms with van der Waals surface area (Å²) in [6.07, 6.45) is 1.20. The van der Waals surface area contributed by atoms with Gasteiger partial charge in [0.25, 0.3) is 0 Å². The zero-order chi connectivity index (χ0) is 17.2. The van der Waals surface area contributed by atoms with Crippen LogP contribution < -0.4 is 4.90 Å². The number of piperazine rings is 1. The summed E-state index contributed by atoms with van der Waals surface area (Å²) < 4.78 is 37.9. The quantitative estimate of drug-likeness (QED) is 0.814. The lowest BCUT2D eigenvalue weighted by molar-refractivity contribution is -0.138. The van der Waals surface area contributed by atoms with Crippen LogP contribution in [0.25, 0.3) is 0 Å². The molecule has 1 amide bonds. The lowest BCUT2D eigenvalue weighted by atomic mass is 9.88. The largest absolute Gasteiger partial charge is 0.416 e. The molecule has 1 aromatic rings. The summed E-state index contributed by atoms with van der Waals surface area (Å²) in [7, 11) is 0. The van der Waals surface area contributed by atoms with Crippen LogP contribution in [0.1, 0.15) is 37.7 Å². The number of carbonyl (C=O) groups is 1. The Bertz CT molecular complexity index is 557. The molecule has 6 heteroatoms. The van der Waals surface area contributed by atoms with E-state index in [1.807, 2.05) is 9.80 Å². The number of rotatable bonds is 2. The molecule has 132 valence electrons. The van der Waals surface area contributed by atoms with E-state index in [-0.39, 0.29) is 11.8 Å². The standard InChI is InChI=1S/C18H23F3N2O/c19-18(20,21)15-6-8-16(9-7-15)22-10-12-23(13-11-22)17(24)14-4-2-1-3-5-14/h6-9,14H,1-5,10-13H2. The maximum atomic E-state index is 12.6.